The monoisotopic (exact) mass is 1020 g/mol. The molecule has 0 heterocycles. The van der Waals surface area contributed by atoms with E-state index in [1.54, 1.807) is 0 Å². The zero-order valence-electron chi connectivity index (χ0n) is 36.7. The minimum atomic E-state index is -1.59. The Morgan fingerprint density at radius 1 is 0.188 bits per heavy atom. The van der Waals surface area contributed by atoms with E-state index in [4.69, 9.17) is 45.5 Å². The molecule has 9 aromatic carbocycles. The number of benzene rings is 9. The Kier molecular flexibility index (Phi) is 24.1. The molecule has 2 radical (unpaired) electrons. The molecule has 0 aliphatic rings. The van der Waals surface area contributed by atoms with E-state index in [9.17, 15) is 0 Å². The van der Waals surface area contributed by atoms with Gasteiger partial charge in [-0.3, -0.25) is 4.79 Å². The molecule has 0 saturated heterocycles. The average Bonchev–Trinajstić information content (AvgIpc) is 3.40. The molecular formula is C55H45NiO10P3. The Morgan fingerprint density at radius 3 is 0.362 bits per heavy atom. The summed E-state index contributed by atoms with van der Waals surface area (Å²) in [5.41, 5.74) is 0. The van der Waals surface area contributed by atoms with Gasteiger partial charge in [-0.15, -0.1) is 0 Å². The smallest absolute Gasteiger partial charge is 0.409 e. The molecule has 14 heteroatoms. The van der Waals surface area contributed by atoms with Crippen LogP contribution in [-0.2, 0) is 21.3 Å². The summed E-state index contributed by atoms with van der Waals surface area (Å²) in [6.07, 6.45) is 0. The summed E-state index contributed by atoms with van der Waals surface area (Å²) in [5.74, 6) is 6.38. The first-order valence-corrected chi connectivity index (χ1v) is 24.2. The first-order chi connectivity index (χ1) is 33.7. The number of hydrogen-bond donors (Lipinski definition) is 0. The largest absolute Gasteiger partial charge is 0.530 e. The summed E-state index contributed by atoms with van der Waals surface area (Å²) in [6.45, 7) is 4.50. The van der Waals surface area contributed by atoms with Crippen molar-refractivity contribution in [2.75, 3.05) is 0 Å². The molecule has 0 aliphatic heterocycles. The molecule has 0 aliphatic carbocycles. The SMILES string of the molecule is [C]=O.[Ni].c1ccc(OP(Oc2ccccc2)Oc2ccccc2)cc1.c1ccc(OP(Oc2ccccc2)Oc2ccccc2)cc1.c1ccc(OP(Oc2ccccc2)Oc2ccccc2)cc1. The van der Waals surface area contributed by atoms with Crippen molar-refractivity contribution in [3.05, 3.63) is 273 Å². The first-order valence-electron chi connectivity index (χ1n) is 20.9. The Balaban J connectivity index is 0.000000188. The van der Waals surface area contributed by atoms with Crippen molar-refractivity contribution < 1.29 is 62.0 Å². The second-order valence-corrected chi connectivity index (χ2v) is 16.3. The second-order valence-electron chi connectivity index (χ2n) is 13.3. The zero-order chi connectivity index (χ0) is 47.1. The number of hydrogen-bond acceptors (Lipinski definition) is 10. The van der Waals surface area contributed by atoms with Crippen LogP contribution in [0.2, 0.25) is 0 Å². The molecule has 0 amide bonds. The van der Waals surface area contributed by atoms with Crippen LogP contribution in [0.5, 0.6) is 51.7 Å². The predicted molar refractivity (Wildman–Crippen MR) is 270 cm³/mol. The van der Waals surface area contributed by atoms with Gasteiger partial charge in [-0.2, -0.15) is 0 Å². The van der Waals surface area contributed by atoms with E-state index in [0.717, 1.165) is 0 Å². The summed E-state index contributed by atoms with van der Waals surface area (Å²) in [5, 5.41) is 0. The van der Waals surface area contributed by atoms with Gasteiger partial charge in [0.15, 0.2) is 0 Å². The van der Waals surface area contributed by atoms with Gasteiger partial charge < -0.3 is 40.7 Å². The van der Waals surface area contributed by atoms with Gasteiger partial charge in [0.2, 0.25) is 0 Å². The predicted octanol–water partition coefficient (Wildman–Crippen LogP) is 16.0. The van der Waals surface area contributed by atoms with Crippen molar-refractivity contribution in [1.82, 2.24) is 0 Å². The molecule has 0 atom stereocenters. The minimum Gasteiger partial charge on any atom is -0.409 e. The number of para-hydroxylation sites is 9. The van der Waals surface area contributed by atoms with Crippen molar-refractivity contribution >= 4 is 32.6 Å². The van der Waals surface area contributed by atoms with E-state index in [-0.39, 0.29) is 16.5 Å². The normalized spacial score (nSPS) is 9.84. The molecule has 0 N–H and O–H groups in total. The Morgan fingerprint density at radius 2 is 0.275 bits per heavy atom. The van der Waals surface area contributed by atoms with Gasteiger partial charge in [0.05, 0.1) is 0 Å². The third kappa shape index (κ3) is 20.6. The second kappa shape index (κ2) is 31.6. The van der Waals surface area contributed by atoms with Gasteiger partial charge >= 0.3 is 25.8 Å². The van der Waals surface area contributed by atoms with Gasteiger partial charge in [-0.25, -0.2) is 0 Å². The van der Waals surface area contributed by atoms with E-state index in [1.807, 2.05) is 273 Å². The molecule has 0 bridgehead atoms. The number of rotatable bonds is 18. The molecular weight excluding hydrogens is 972 g/mol. The third-order valence-electron chi connectivity index (χ3n) is 8.31. The molecule has 10 nitrogen and oxygen atoms in total. The molecule has 0 aromatic heterocycles. The molecule has 69 heavy (non-hydrogen) atoms. The fraction of sp³-hybridized carbons (Fsp3) is 0. The number of carbonyl (C=O) groups excluding carboxylic acids is 1. The zero-order valence-corrected chi connectivity index (χ0v) is 40.4. The van der Waals surface area contributed by atoms with Crippen LogP contribution in [0.1, 0.15) is 0 Å². The van der Waals surface area contributed by atoms with Gasteiger partial charge in [0.1, 0.15) is 51.7 Å². The Bertz CT molecular complexity index is 2050. The van der Waals surface area contributed by atoms with Crippen molar-refractivity contribution in [1.29, 1.82) is 0 Å². The van der Waals surface area contributed by atoms with Crippen LogP contribution in [0.3, 0.4) is 0 Å². The Hall–Kier alpha value is -7.37. The van der Waals surface area contributed by atoms with Crippen molar-refractivity contribution in [2.45, 2.75) is 0 Å². The van der Waals surface area contributed by atoms with Gasteiger partial charge in [-0.1, -0.05) is 164 Å². The van der Waals surface area contributed by atoms with Crippen LogP contribution in [0.4, 0.5) is 0 Å². The van der Waals surface area contributed by atoms with E-state index in [1.165, 1.54) is 0 Å². The molecule has 0 saturated carbocycles. The molecule has 9 rings (SSSR count). The summed E-state index contributed by atoms with van der Waals surface area (Å²) < 4.78 is 52.6. The molecule has 0 unspecified atom stereocenters. The topological polar surface area (TPSA) is 100 Å². The summed E-state index contributed by atoms with van der Waals surface area (Å²) in [7, 11) is -4.77. The van der Waals surface area contributed by atoms with Crippen LogP contribution >= 0.6 is 25.8 Å². The van der Waals surface area contributed by atoms with Crippen LogP contribution in [0.15, 0.2) is 273 Å². The maximum atomic E-state index is 7.50. The van der Waals surface area contributed by atoms with Crippen LogP contribution in [0.25, 0.3) is 0 Å². The molecule has 9 aromatic rings. The quantitative estimate of drug-likeness (QED) is 0.0610. The van der Waals surface area contributed by atoms with Gasteiger partial charge in [0.25, 0.3) is 6.79 Å². The fourth-order valence-corrected chi connectivity index (χ4v) is 8.25. The fourth-order valence-electron chi connectivity index (χ4n) is 5.27. The van der Waals surface area contributed by atoms with E-state index in [0.29, 0.717) is 51.7 Å². The maximum Gasteiger partial charge on any atom is 0.530 e. The summed E-state index contributed by atoms with van der Waals surface area (Å²) in [4.78, 5) is 7.50. The van der Waals surface area contributed by atoms with E-state index >= 15 is 0 Å². The van der Waals surface area contributed by atoms with Crippen LogP contribution < -0.4 is 40.7 Å². The summed E-state index contributed by atoms with van der Waals surface area (Å²) in [6, 6.07) is 85.5. The maximum absolute atomic E-state index is 7.50. The van der Waals surface area contributed by atoms with Crippen LogP contribution in [0, 0.1) is 0 Å². The Labute approximate surface area is 417 Å². The summed E-state index contributed by atoms with van der Waals surface area (Å²) >= 11 is 0. The van der Waals surface area contributed by atoms with Crippen molar-refractivity contribution in [3.8, 4) is 51.7 Å². The van der Waals surface area contributed by atoms with Gasteiger partial charge in [0, 0.05) is 16.5 Å². The van der Waals surface area contributed by atoms with Crippen molar-refractivity contribution in [2.24, 2.45) is 0 Å². The van der Waals surface area contributed by atoms with E-state index < -0.39 is 25.8 Å². The molecule has 350 valence electrons. The standard InChI is InChI=1S/3C18H15O3P.CO.Ni/c3*1-4-10-16(11-5-1)19-22(20-17-12-6-2-7-13-17)21-18-14-8-3-9-15-18;1-2;/h3*1-15H;;. The van der Waals surface area contributed by atoms with Crippen LogP contribution in [-0.4, -0.2) is 6.79 Å². The van der Waals surface area contributed by atoms with E-state index in [2.05, 4.69) is 6.79 Å². The third-order valence-corrected chi connectivity index (χ3v) is 11.5. The first kappa shape index (κ1) is 52.6. The molecule has 0 fully saturated rings. The minimum absolute atomic E-state index is 0. The molecule has 0 spiro atoms. The van der Waals surface area contributed by atoms with Gasteiger partial charge in [-0.05, 0) is 109 Å². The average molecular weight is 1020 g/mol. The van der Waals surface area contributed by atoms with Crippen molar-refractivity contribution in [3.63, 3.8) is 0 Å².